The van der Waals surface area contributed by atoms with Crippen LogP contribution in [0.15, 0.2) is 28.9 Å². The molecule has 1 amide bonds. The predicted octanol–water partition coefficient (Wildman–Crippen LogP) is 3.16. The number of amides is 1. The number of rotatable bonds is 7. The molecule has 9 nitrogen and oxygen atoms in total. The molecule has 1 atom stereocenters. The van der Waals surface area contributed by atoms with Crippen LogP contribution in [0.4, 0.5) is 13.2 Å². The number of carbonyl (C=O) groups excluding carboxylic acids is 1. The van der Waals surface area contributed by atoms with Crippen molar-refractivity contribution in [2.75, 3.05) is 6.61 Å². The lowest BCUT2D eigenvalue weighted by Gasteiger charge is -2.09. The molecule has 0 aromatic carbocycles. The summed E-state index contributed by atoms with van der Waals surface area (Å²) in [5.41, 5.74) is -0.772. The molecule has 4 rings (SSSR count). The maximum absolute atomic E-state index is 12.8. The third-order valence-electron chi connectivity index (χ3n) is 4.72. The third-order valence-corrected chi connectivity index (χ3v) is 4.72. The van der Waals surface area contributed by atoms with Gasteiger partial charge in [0.2, 0.25) is 17.6 Å². The van der Waals surface area contributed by atoms with Gasteiger partial charge in [0.25, 0.3) is 5.91 Å². The molecule has 0 spiro atoms. The minimum atomic E-state index is -4.64. The quantitative estimate of drug-likeness (QED) is 0.606. The number of nitrogens with zero attached hydrogens (tertiary/aromatic N) is 5. The second-order valence-corrected chi connectivity index (χ2v) is 7.32. The van der Waals surface area contributed by atoms with E-state index in [0.717, 1.165) is 17.5 Å². The first-order chi connectivity index (χ1) is 14.7. The van der Waals surface area contributed by atoms with Crippen molar-refractivity contribution < 1.29 is 27.2 Å². The Hall–Kier alpha value is -3.44. The number of halogens is 3. The minimum Gasteiger partial charge on any atom is -0.477 e. The van der Waals surface area contributed by atoms with Gasteiger partial charge >= 0.3 is 6.18 Å². The van der Waals surface area contributed by atoms with Crippen LogP contribution in [-0.4, -0.2) is 37.4 Å². The fraction of sp³-hybridized carbons (Fsp3) is 0.421. The number of hydrogen-bond donors (Lipinski definition) is 1. The number of nitrogens with one attached hydrogen (secondary N) is 1. The summed E-state index contributed by atoms with van der Waals surface area (Å²) in [6, 6.07) is 3.32. The van der Waals surface area contributed by atoms with Crippen LogP contribution >= 0.6 is 0 Å². The molecule has 1 unspecified atom stereocenters. The molecule has 31 heavy (non-hydrogen) atoms. The fourth-order valence-electron chi connectivity index (χ4n) is 2.79. The van der Waals surface area contributed by atoms with Crippen molar-refractivity contribution in [3.63, 3.8) is 0 Å². The molecule has 0 aliphatic heterocycles. The molecule has 12 heteroatoms. The predicted molar refractivity (Wildman–Crippen MR) is 99.8 cm³/mol. The molecular formula is C19H19F3N6O3. The van der Waals surface area contributed by atoms with Crippen molar-refractivity contribution in [1.29, 1.82) is 0 Å². The summed E-state index contributed by atoms with van der Waals surface area (Å²) in [5, 5.41) is 9.76. The minimum absolute atomic E-state index is 0.0961. The van der Waals surface area contributed by atoms with Gasteiger partial charge < -0.3 is 14.6 Å². The van der Waals surface area contributed by atoms with Gasteiger partial charge in [0, 0.05) is 30.9 Å². The number of carbonyl (C=O) groups is 1. The zero-order valence-electron chi connectivity index (χ0n) is 16.7. The second kappa shape index (κ2) is 8.00. The van der Waals surface area contributed by atoms with Crippen molar-refractivity contribution in [2.24, 2.45) is 13.0 Å². The van der Waals surface area contributed by atoms with Gasteiger partial charge in [-0.15, -0.1) is 0 Å². The zero-order valence-corrected chi connectivity index (χ0v) is 16.7. The maximum Gasteiger partial charge on any atom is 0.435 e. The number of ether oxygens (including phenoxy) is 1. The lowest BCUT2D eigenvalue weighted by Crippen LogP contribution is -2.28. The van der Waals surface area contributed by atoms with Gasteiger partial charge in [-0.1, -0.05) is 5.16 Å². The Morgan fingerprint density at radius 2 is 2.16 bits per heavy atom. The average Bonchev–Trinajstić information content (AvgIpc) is 3.24. The molecular weight excluding hydrogens is 417 g/mol. The van der Waals surface area contributed by atoms with E-state index < -0.39 is 23.8 Å². The Kier molecular flexibility index (Phi) is 5.38. The third kappa shape index (κ3) is 4.84. The van der Waals surface area contributed by atoms with Crippen molar-refractivity contribution in [2.45, 2.75) is 32.0 Å². The largest absolute Gasteiger partial charge is 0.477 e. The number of aromatic nitrogens is 5. The van der Waals surface area contributed by atoms with E-state index in [4.69, 9.17) is 9.26 Å². The highest BCUT2D eigenvalue weighted by Gasteiger charge is 2.35. The molecule has 3 aromatic rings. The Morgan fingerprint density at radius 1 is 1.39 bits per heavy atom. The van der Waals surface area contributed by atoms with E-state index in [9.17, 15) is 18.0 Å². The number of alkyl halides is 3. The first-order valence-electron chi connectivity index (χ1n) is 9.55. The van der Waals surface area contributed by atoms with E-state index in [1.807, 2.05) is 0 Å². The Labute approximate surface area is 174 Å². The van der Waals surface area contributed by atoms with E-state index in [1.54, 1.807) is 25.3 Å². The van der Waals surface area contributed by atoms with E-state index in [2.05, 4.69) is 25.5 Å². The van der Waals surface area contributed by atoms with Crippen LogP contribution in [0.5, 0.6) is 5.88 Å². The Bertz CT molecular complexity index is 1090. The van der Waals surface area contributed by atoms with Crippen LogP contribution < -0.4 is 10.1 Å². The molecule has 3 aromatic heterocycles. The van der Waals surface area contributed by atoms with E-state index >= 15 is 0 Å². The van der Waals surface area contributed by atoms with E-state index in [-0.39, 0.29) is 17.4 Å². The molecule has 1 aliphatic rings. The van der Waals surface area contributed by atoms with Gasteiger partial charge in [-0.2, -0.15) is 23.3 Å². The average molecular weight is 436 g/mol. The van der Waals surface area contributed by atoms with Crippen molar-refractivity contribution in [3.05, 3.63) is 41.7 Å². The first-order valence-corrected chi connectivity index (χ1v) is 9.55. The fourth-order valence-corrected chi connectivity index (χ4v) is 2.79. The summed E-state index contributed by atoms with van der Waals surface area (Å²) in [5.74, 6) is 0.651. The molecule has 0 bridgehead atoms. The van der Waals surface area contributed by atoms with Crippen LogP contribution in [0.25, 0.3) is 11.4 Å². The van der Waals surface area contributed by atoms with Gasteiger partial charge in [0.05, 0.1) is 6.61 Å². The van der Waals surface area contributed by atoms with Crippen LogP contribution in [0.1, 0.15) is 47.9 Å². The van der Waals surface area contributed by atoms with E-state index in [1.165, 1.54) is 7.05 Å². The summed E-state index contributed by atoms with van der Waals surface area (Å²) in [4.78, 5) is 20.8. The van der Waals surface area contributed by atoms with Crippen molar-refractivity contribution in [1.82, 2.24) is 30.2 Å². The number of pyridine rings is 1. The highest BCUT2D eigenvalue weighted by Crippen LogP contribution is 2.30. The highest BCUT2D eigenvalue weighted by atomic mass is 19.4. The van der Waals surface area contributed by atoms with Gasteiger partial charge in [-0.3, -0.25) is 9.48 Å². The molecule has 1 fully saturated rings. The monoisotopic (exact) mass is 436 g/mol. The second-order valence-electron chi connectivity index (χ2n) is 7.32. The summed E-state index contributed by atoms with van der Waals surface area (Å²) in [6.45, 7) is 2.19. The Morgan fingerprint density at radius 3 is 2.84 bits per heavy atom. The Balaban J connectivity index is 1.43. The molecule has 1 aliphatic carbocycles. The van der Waals surface area contributed by atoms with Gasteiger partial charge in [0.15, 0.2) is 5.69 Å². The topological polar surface area (TPSA) is 108 Å². The molecule has 0 saturated heterocycles. The molecule has 3 heterocycles. The van der Waals surface area contributed by atoms with Gasteiger partial charge in [-0.25, -0.2) is 4.98 Å². The highest BCUT2D eigenvalue weighted by molar-refractivity contribution is 5.92. The summed E-state index contributed by atoms with van der Waals surface area (Å²) in [7, 11) is 1.26. The van der Waals surface area contributed by atoms with Crippen LogP contribution in [0, 0.1) is 5.92 Å². The lowest BCUT2D eigenvalue weighted by molar-refractivity contribution is -0.141. The maximum atomic E-state index is 12.8. The molecule has 164 valence electrons. The number of hydrogen-bond acceptors (Lipinski definition) is 7. The SMILES string of the molecule is CC(NC(=O)c1cc(C(F)(F)F)nn1C)c1nc(-c2ccnc(OCC3CC3)c2)no1. The lowest BCUT2D eigenvalue weighted by atomic mass is 10.2. The molecule has 1 N–H and O–H groups in total. The normalized spacial score (nSPS) is 15.0. The summed E-state index contributed by atoms with van der Waals surface area (Å²) in [6.07, 6.45) is -0.754. The van der Waals surface area contributed by atoms with Gasteiger partial charge in [-0.05, 0) is 31.7 Å². The van der Waals surface area contributed by atoms with Crippen LogP contribution in [0.3, 0.4) is 0 Å². The summed E-state index contributed by atoms with van der Waals surface area (Å²) < 4.78 is 50.1. The van der Waals surface area contributed by atoms with Gasteiger partial charge in [0.1, 0.15) is 11.7 Å². The zero-order chi connectivity index (χ0) is 22.2. The smallest absolute Gasteiger partial charge is 0.435 e. The van der Waals surface area contributed by atoms with Crippen molar-refractivity contribution in [3.8, 4) is 17.3 Å². The molecule has 1 saturated carbocycles. The summed E-state index contributed by atoms with van der Waals surface area (Å²) >= 11 is 0. The first kappa shape index (κ1) is 20.8. The standard InChI is InChI=1S/C19H19F3N6O3/c1-10(24-17(29)13-8-14(19(20,21)22)26-28(13)2)18-25-16(27-31-18)12-5-6-23-15(7-12)30-9-11-3-4-11/h5-8,10-11H,3-4,9H2,1-2H3,(H,24,29). The van der Waals surface area contributed by atoms with Crippen molar-refractivity contribution >= 4 is 5.91 Å². The van der Waals surface area contributed by atoms with Crippen LogP contribution in [-0.2, 0) is 13.2 Å². The van der Waals surface area contributed by atoms with E-state index in [0.29, 0.717) is 30.0 Å². The van der Waals surface area contributed by atoms with Crippen LogP contribution in [0.2, 0.25) is 0 Å². The number of aryl methyl sites for hydroxylation is 1. The molecule has 0 radical (unpaired) electrons.